The highest BCUT2D eigenvalue weighted by Crippen LogP contribution is 2.21. The van der Waals surface area contributed by atoms with Crippen LogP contribution in [0.3, 0.4) is 0 Å². The lowest BCUT2D eigenvalue weighted by Crippen LogP contribution is -2.39. The summed E-state index contributed by atoms with van der Waals surface area (Å²) in [6, 6.07) is 3.05. The first kappa shape index (κ1) is 15.0. The fourth-order valence-electron chi connectivity index (χ4n) is 3.38. The van der Waals surface area contributed by atoms with Crippen LogP contribution in [0.15, 0.2) is 15.9 Å². The highest BCUT2D eigenvalue weighted by atomic mass is 79.9. The van der Waals surface area contributed by atoms with Crippen molar-refractivity contribution in [3.05, 3.63) is 20.8 Å². The average molecular weight is 358 g/mol. The van der Waals surface area contributed by atoms with Crippen molar-refractivity contribution in [3.63, 3.8) is 0 Å². The van der Waals surface area contributed by atoms with Gasteiger partial charge in [0.05, 0.1) is 0 Å². The summed E-state index contributed by atoms with van der Waals surface area (Å²) in [6.45, 7) is 8.51. The van der Waals surface area contributed by atoms with Crippen LogP contribution >= 0.6 is 27.3 Å². The van der Waals surface area contributed by atoms with Crippen LogP contribution < -0.4 is 5.32 Å². The molecule has 0 radical (unpaired) electrons. The first-order valence-electron chi connectivity index (χ1n) is 7.71. The SMILES string of the molecule is Brc1csc(CNCCN2CCCN3CCCC3C2)c1. The van der Waals surface area contributed by atoms with Gasteiger partial charge in [0.15, 0.2) is 0 Å². The number of nitrogens with one attached hydrogen (secondary N) is 1. The zero-order valence-electron chi connectivity index (χ0n) is 12.0. The zero-order valence-corrected chi connectivity index (χ0v) is 14.4. The van der Waals surface area contributed by atoms with Crippen LogP contribution in [0.25, 0.3) is 0 Å². The summed E-state index contributed by atoms with van der Waals surface area (Å²) in [5.41, 5.74) is 0. The van der Waals surface area contributed by atoms with Gasteiger partial charge in [-0.05, 0) is 60.9 Å². The van der Waals surface area contributed by atoms with Crippen molar-refractivity contribution >= 4 is 27.3 Å². The van der Waals surface area contributed by atoms with Crippen molar-refractivity contribution in [2.45, 2.75) is 31.8 Å². The molecule has 3 rings (SSSR count). The lowest BCUT2D eigenvalue weighted by Gasteiger charge is -2.25. The molecule has 112 valence electrons. The molecule has 3 nitrogen and oxygen atoms in total. The molecule has 2 aliphatic heterocycles. The van der Waals surface area contributed by atoms with Crippen molar-refractivity contribution in [1.82, 2.24) is 15.1 Å². The van der Waals surface area contributed by atoms with Gasteiger partial charge in [0, 0.05) is 47.0 Å². The molecule has 2 aliphatic rings. The Bertz CT molecular complexity index is 423. The molecule has 1 atom stereocenters. The van der Waals surface area contributed by atoms with Crippen LogP contribution in [0.4, 0.5) is 0 Å². The third-order valence-corrected chi connectivity index (χ3v) is 6.11. The molecule has 5 heteroatoms. The number of rotatable bonds is 5. The summed E-state index contributed by atoms with van der Waals surface area (Å²) in [5.74, 6) is 0. The molecule has 3 heterocycles. The van der Waals surface area contributed by atoms with Gasteiger partial charge in [-0.1, -0.05) is 0 Å². The fraction of sp³-hybridized carbons (Fsp3) is 0.733. The van der Waals surface area contributed by atoms with E-state index in [4.69, 9.17) is 0 Å². The van der Waals surface area contributed by atoms with E-state index < -0.39 is 0 Å². The molecule has 1 N–H and O–H groups in total. The van der Waals surface area contributed by atoms with E-state index >= 15 is 0 Å². The molecular formula is C15H24BrN3S. The maximum absolute atomic E-state index is 3.58. The Labute approximate surface area is 134 Å². The normalized spacial score (nSPS) is 24.8. The predicted octanol–water partition coefficient (Wildman–Crippen LogP) is 2.77. The summed E-state index contributed by atoms with van der Waals surface area (Å²) in [4.78, 5) is 6.78. The third-order valence-electron chi connectivity index (χ3n) is 4.41. The second kappa shape index (κ2) is 7.36. The lowest BCUT2D eigenvalue weighted by molar-refractivity contribution is 0.220. The van der Waals surface area contributed by atoms with Crippen molar-refractivity contribution in [1.29, 1.82) is 0 Å². The van der Waals surface area contributed by atoms with E-state index in [1.165, 1.54) is 61.3 Å². The monoisotopic (exact) mass is 357 g/mol. The fourth-order valence-corrected chi connectivity index (χ4v) is 4.80. The molecule has 1 aromatic heterocycles. The lowest BCUT2D eigenvalue weighted by atomic mass is 10.2. The van der Waals surface area contributed by atoms with E-state index in [2.05, 4.69) is 42.5 Å². The van der Waals surface area contributed by atoms with Gasteiger partial charge in [-0.15, -0.1) is 11.3 Å². The molecular weight excluding hydrogens is 334 g/mol. The van der Waals surface area contributed by atoms with Crippen LogP contribution in [0, 0.1) is 0 Å². The molecule has 2 saturated heterocycles. The minimum atomic E-state index is 0.839. The molecule has 0 bridgehead atoms. The third kappa shape index (κ3) is 4.04. The minimum Gasteiger partial charge on any atom is -0.311 e. The number of halogens is 1. The van der Waals surface area contributed by atoms with Gasteiger partial charge >= 0.3 is 0 Å². The van der Waals surface area contributed by atoms with Crippen LogP contribution in [0.2, 0.25) is 0 Å². The quantitative estimate of drug-likeness (QED) is 0.817. The van der Waals surface area contributed by atoms with E-state index in [-0.39, 0.29) is 0 Å². The number of hydrogen-bond donors (Lipinski definition) is 1. The Morgan fingerprint density at radius 1 is 1.30 bits per heavy atom. The molecule has 1 unspecified atom stereocenters. The van der Waals surface area contributed by atoms with Crippen molar-refractivity contribution < 1.29 is 0 Å². The maximum Gasteiger partial charge on any atom is 0.0300 e. The van der Waals surface area contributed by atoms with Gasteiger partial charge in [-0.25, -0.2) is 0 Å². The Morgan fingerprint density at radius 3 is 3.05 bits per heavy atom. The summed E-state index contributed by atoms with van der Waals surface area (Å²) in [6.07, 6.45) is 4.16. The van der Waals surface area contributed by atoms with Gasteiger partial charge < -0.3 is 10.2 Å². The summed E-state index contributed by atoms with van der Waals surface area (Å²) >= 11 is 5.33. The topological polar surface area (TPSA) is 18.5 Å². The Morgan fingerprint density at radius 2 is 2.20 bits per heavy atom. The summed E-state index contributed by atoms with van der Waals surface area (Å²) in [5, 5.41) is 5.73. The van der Waals surface area contributed by atoms with Crippen molar-refractivity contribution in [2.75, 3.05) is 39.3 Å². The van der Waals surface area contributed by atoms with E-state index in [0.717, 1.165) is 19.1 Å². The van der Waals surface area contributed by atoms with E-state index in [0.29, 0.717) is 0 Å². The number of nitrogens with zero attached hydrogens (tertiary/aromatic N) is 2. The van der Waals surface area contributed by atoms with Gasteiger partial charge in [0.25, 0.3) is 0 Å². The molecule has 1 aromatic rings. The van der Waals surface area contributed by atoms with Gasteiger partial charge in [-0.3, -0.25) is 4.90 Å². The Balaban J connectivity index is 1.37. The number of hydrogen-bond acceptors (Lipinski definition) is 4. The predicted molar refractivity (Wildman–Crippen MR) is 89.4 cm³/mol. The van der Waals surface area contributed by atoms with Gasteiger partial charge in [-0.2, -0.15) is 0 Å². The van der Waals surface area contributed by atoms with Gasteiger partial charge in [0.1, 0.15) is 0 Å². The second-order valence-corrected chi connectivity index (χ2v) is 7.81. The number of thiophene rings is 1. The maximum atomic E-state index is 3.58. The highest BCUT2D eigenvalue weighted by Gasteiger charge is 2.28. The first-order chi connectivity index (χ1) is 9.81. The first-order valence-corrected chi connectivity index (χ1v) is 9.38. The highest BCUT2D eigenvalue weighted by molar-refractivity contribution is 9.10. The molecule has 20 heavy (non-hydrogen) atoms. The van der Waals surface area contributed by atoms with Crippen molar-refractivity contribution in [2.24, 2.45) is 0 Å². The molecule has 2 fully saturated rings. The Hall–Kier alpha value is 0.0600. The zero-order chi connectivity index (χ0) is 13.8. The molecule has 0 aromatic carbocycles. The van der Waals surface area contributed by atoms with Crippen LogP contribution in [0.5, 0.6) is 0 Å². The van der Waals surface area contributed by atoms with Gasteiger partial charge in [0.2, 0.25) is 0 Å². The minimum absolute atomic E-state index is 0.839. The van der Waals surface area contributed by atoms with Crippen molar-refractivity contribution in [3.8, 4) is 0 Å². The van der Waals surface area contributed by atoms with E-state index in [1.807, 2.05) is 11.3 Å². The molecule has 0 spiro atoms. The largest absolute Gasteiger partial charge is 0.311 e. The van der Waals surface area contributed by atoms with Crippen LogP contribution in [0.1, 0.15) is 24.1 Å². The summed E-state index contributed by atoms with van der Waals surface area (Å²) in [7, 11) is 0. The molecule has 0 amide bonds. The van der Waals surface area contributed by atoms with Crippen LogP contribution in [-0.4, -0.2) is 55.1 Å². The number of fused-ring (bicyclic) bond motifs is 1. The average Bonchev–Trinajstić information content (AvgIpc) is 3.00. The molecule has 0 saturated carbocycles. The smallest absolute Gasteiger partial charge is 0.0300 e. The van der Waals surface area contributed by atoms with Crippen LogP contribution in [-0.2, 0) is 6.54 Å². The Kier molecular flexibility index (Phi) is 5.51. The molecule has 0 aliphatic carbocycles. The van der Waals surface area contributed by atoms with E-state index in [9.17, 15) is 0 Å². The standard InChI is InChI=1S/C15H24BrN3S/c16-13-9-15(20-12-13)10-17-4-8-18-5-2-7-19-6-1-3-14(19)11-18/h9,12,14,17H,1-8,10-11H2. The summed E-state index contributed by atoms with van der Waals surface area (Å²) < 4.78 is 1.20. The van der Waals surface area contributed by atoms with E-state index in [1.54, 1.807) is 0 Å². The second-order valence-electron chi connectivity index (χ2n) is 5.89.